The summed E-state index contributed by atoms with van der Waals surface area (Å²) < 4.78 is 5.51. The first-order valence-corrected chi connectivity index (χ1v) is 6.46. The molecule has 0 saturated carbocycles. The molecule has 5 nitrogen and oxygen atoms in total. The van der Waals surface area contributed by atoms with Crippen molar-refractivity contribution in [1.82, 2.24) is 5.32 Å². The highest BCUT2D eigenvalue weighted by molar-refractivity contribution is 9.10. The average Bonchev–Trinajstić information content (AvgIpc) is 2.27. The molecule has 1 unspecified atom stereocenters. The summed E-state index contributed by atoms with van der Waals surface area (Å²) in [6.07, 6.45) is -0.185. The molecule has 0 aromatic heterocycles. The van der Waals surface area contributed by atoms with E-state index in [4.69, 9.17) is 4.74 Å². The first-order chi connectivity index (χ1) is 8.74. The van der Waals surface area contributed by atoms with E-state index in [1.54, 1.807) is 39.0 Å². The number of rotatable bonds is 3. The van der Waals surface area contributed by atoms with Crippen molar-refractivity contribution in [3.05, 3.63) is 28.2 Å². The van der Waals surface area contributed by atoms with Crippen LogP contribution in [0.2, 0.25) is 0 Å². The number of benzene rings is 1. The van der Waals surface area contributed by atoms with Gasteiger partial charge < -0.3 is 20.0 Å². The van der Waals surface area contributed by atoms with Gasteiger partial charge in [-0.05, 0) is 42.8 Å². The number of hydrogen-bond donors (Lipinski definition) is 2. The van der Waals surface area contributed by atoms with Crippen LogP contribution in [0.25, 0.3) is 0 Å². The zero-order valence-corrected chi connectivity index (χ0v) is 12.5. The molecule has 1 rings (SSSR count). The average molecular weight is 330 g/mol. The summed E-state index contributed by atoms with van der Waals surface area (Å²) in [7, 11) is 0. The van der Waals surface area contributed by atoms with Crippen LogP contribution in [0.3, 0.4) is 0 Å². The lowest BCUT2D eigenvalue weighted by Crippen LogP contribution is -2.35. The van der Waals surface area contributed by atoms with Crippen molar-refractivity contribution in [3.63, 3.8) is 0 Å². The number of nitrogens with one attached hydrogen (secondary N) is 1. The molecule has 6 heteroatoms. The van der Waals surface area contributed by atoms with Crippen molar-refractivity contribution >= 4 is 28.3 Å². The number of alkyl carbamates (subject to hydrolysis) is 1. The van der Waals surface area contributed by atoms with Crippen LogP contribution < -0.4 is 5.32 Å². The summed E-state index contributed by atoms with van der Waals surface area (Å²) in [6, 6.07) is 3.88. The molecule has 104 valence electrons. The number of carbonyl (C=O) groups excluding carboxylic acids is 2. The molecule has 0 fully saturated rings. The van der Waals surface area contributed by atoms with Crippen LogP contribution in [0.4, 0.5) is 4.79 Å². The molecule has 0 spiro atoms. The summed E-state index contributed by atoms with van der Waals surface area (Å²) in [5.74, 6) is -0.0874. The molecule has 0 bridgehead atoms. The van der Waals surface area contributed by atoms with Crippen LogP contribution in [0.1, 0.15) is 32.4 Å². The lowest BCUT2D eigenvalue weighted by molar-refractivity contribution is -0.109. The molecule has 1 amide bonds. The lowest BCUT2D eigenvalue weighted by Gasteiger charge is -2.22. The zero-order valence-electron chi connectivity index (χ0n) is 10.9. The standard InChI is InChI=1S/C13H16BrNO4/c1-13(2,3)19-12(18)15-10(7-16)8-5-4-6-9(14)11(8)17/h4-7,10,17H,1-3H3,(H,15,18). The van der Waals surface area contributed by atoms with Crippen LogP contribution in [0.5, 0.6) is 5.75 Å². The van der Waals surface area contributed by atoms with Gasteiger partial charge in [0.2, 0.25) is 0 Å². The maximum absolute atomic E-state index is 11.6. The highest BCUT2D eigenvalue weighted by atomic mass is 79.9. The third-order valence-corrected chi connectivity index (χ3v) is 2.80. The molecule has 19 heavy (non-hydrogen) atoms. The first kappa shape index (κ1) is 15.5. The Morgan fingerprint density at radius 3 is 2.63 bits per heavy atom. The van der Waals surface area contributed by atoms with E-state index in [1.807, 2.05) is 0 Å². The minimum absolute atomic E-state index is 0.0874. The molecule has 0 saturated heterocycles. The minimum atomic E-state index is -0.965. The smallest absolute Gasteiger partial charge is 0.408 e. The highest BCUT2D eigenvalue weighted by Gasteiger charge is 2.22. The number of carbonyl (C=O) groups is 2. The largest absolute Gasteiger partial charge is 0.506 e. The number of ether oxygens (including phenoxy) is 1. The van der Waals surface area contributed by atoms with Gasteiger partial charge in [-0.3, -0.25) is 0 Å². The Bertz CT molecular complexity index is 482. The fourth-order valence-electron chi connectivity index (χ4n) is 1.40. The highest BCUT2D eigenvalue weighted by Crippen LogP contribution is 2.31. The minimum Gasteiger partial charge on any atom is -0.506 e. The summed E-state index contributed by atoms with van der Waals surface area (Å²) in [5.41, 5.74) is -0.355. The van der Waals surface area contributed by atoms with Gasteiger partial charge in [0.25, 0.3) is 0 Å². The van der Waals surface area contributed by atoms with Gasteiger partial charge >= 0.3 is 6.09 Å². The molecule has 0 heterocycles. The zero-order chi connectivity index (χ0) is 14.6. The fourth-order valence-corrected chi connectivity index (χ4v) is 1.78. The van der Waals surface area contributed by atoms with Gasteiger partial charge in [0, 0.05) is 5.56 Å². The van der Waals surface area contributed by atoms with Crippen LogP contribution >= 0.6 is 15.9 Å². The number of aldehydes is 1. The van der Waals surface area contributed by atoms with E-state index in [0.29, 0.717) is 16.3 Å². The molecule has 2 N–H and O–H groups in total. The quantitative estimate of drug-likeness (QED) is 0.836. The maximum atomic E-state index is 11.6. The molecule has 0 radical (unpaired) electrons. The Labute approximate surface area is 120 Å². The predicted molar refractivity (Wildman–Crippen MR) is 74.0 cm³/mol. The van der Waals surface area contributed by atoms with E-state index in [2.05, 4.69) is 21.2 Å². The molecular weight excluding hydrogens is 314 g/mol. The van der Waals surface area contributed by atoms with E-state index < -0.39 is 17.7 Å². The fraction of sp³-hybridized carbons (Fsp3) is 0.385. The monoisotopic (exact) mass is 329 g/mol. The Hall–Kier alpha value is -1.56. The summed E-state index contributed by atoms with van der Waals surface area (Å²) in [5, 5.41) is 12.2. The van der Waals surface area contributed by atoms with Crippen LogP contribution in [-0.4, -0.2) is 23.1 Å². The second-order valence-corrected chi connectivity index (χ2v) is 5.79. The Morgan fingerprint density at radius 2 is 2.11 bits per heavy atom. The number of phenolic OH excluding ortho intramolecular Hbond substituents is 1. The van der Waals surface area contributed by atoms with Crippen molar-refractivity contribution < 1.29 is 19.4 Å². The number of hydrogen-bond acceptors (Lipinski definition) is 4. The third kappa shape index (κ3) is 4.55. The number of aromatic hydroxyl groups is 1. The second-order valence-electron chi connectivity index (χ2n) is 4.94. The number of amides is 1. The van der Waals surface area contributed by atoms with Gasteiger partial charge in [0.1, 0.15) is 23.7 Å². The molecule has 1 aromatic carbocycles. The lowest BCUT2D eigenvalue weighted by atomic mass is 10.1. The van der Waals surface area contributed by atoms with E-state index in [1.165, 1.54) is 0 Å². The maximum Gasteiger partial charge on any atom is 0.408 e. The molecule has 0 aliphatic heterocycles. The van der Waals surface area contributed by atoms with Gasteiger partial charge in [-0.1, -0.05) is 12.1 Å². The van der Waals surface area contributed by atoms with Gasteiger partial charge in [-0.25, -0.2) is 4.79 Å². The predicted octanol–water partition coefficient (Wildman–Crippen LogP) is 2.92. The topological polar surface area (TPSA) is 75.6 Å². The van der Waals surface area contributed by atoms with Crippen molar-refractivity contribution in [1.29, 1.82) is 0 Å². The van der Waals surface area contributed by atoms with Gasteiger partial charge in [-0.2, -0.15) is 0 Å². The normalized spacial score (nSPS) is 12.6. The summed E-state index contributed by atoms with van der Waals surface area (Å²) in [4.78, 5) is 22.7. The van der Waals surface area contributed by atoms with E-state index in [9.17, 15) is 14.7 Å². The van der Waals surface area contributed by atoms with Gasteiger partial charge in [-0.15, -0.1) is 0 Å². The number of para-hydroxylation sites is 1. The van der Waals surface area contributed by atoms with Gasteiger partial charge in [0.15, 0.2) is 0 Å². The third-order valence-electron chi connectivity index (χ3n) is 2.16. The Kier molecular flexibility index (Phi) is 4.94. The molecule has 1 atom stereocenters. The van der Waals surface area contributed by atoms with Crippen LogP contribution in [-0.2, 0) is 9.53 Å². The molecule has 0 aliphatic carbocycles. The molecule has 0 aliphatic rings. The van der Waals surface area contributed by atoms with Crippen LogP contribution in [0, 0.1) is 0 Å². The number of halogens is 1. The number of phenols is 1. The first-order valence-electron chi connectivity index (χ1n) is 5.67. The SMILES string of the molecule is CC(C)(C)OC(=O)NC(C=O)c1cccc(Br)c1O. The Balaban J connectivity index is 2.87. The van der Waals surface area contributed by atoms with Crippen LogP contribution in [0.15, 0.2) is 22.7 Å². The molecule has 1 aromatic rings. The van der Waals surface area contributed by atoms with E-state index in [0.717, 1.165) is 0 Å². The Morgan fingerprint density at radius 1 is 1.47 bits per heavy atom. The molecular formula is C13H16BrNO4. The van der Waals surface area contributed by atoms with E-state index >= 15 is 0 Å². The van der Waals surface area contributed by atoms with Crippen molar-refractivity contribution in [2.45, 2.75) is 32.4 Å². The van der Waals surface area contributed by atoms with Crippen molar-refractivity contribution in [2.24, 2.45) is 0 Å². The van der Waals surface area contributed by atoms with Crippen molar-refractivity contribution in [2.75, 3.05) is 0 Å². The van der Waals surface area contributed by atoms with E-state index in [-0.39, 0.29) is 5.75 Å². The summed E-state index contributed by atoms with van der Waals surface area (Å²) in [6.45, 7) is 5.16. The second kappa shape index (κ2) is 6.06. The van der Waals surface area contributed by atoms with Crippen molar-refractivity contribution in [3.8, 4) is 5.75 Å². The summed E-state index contributed by atoms with van der Waals surface area (Å²) >= 11 is 3.15. The van der Waals surface area contributed by atoms with Gasteiger partial charge in [0.05, 0.1) is 4.47 Å².